The van der Waals surface area contributed by atoms with E-state index in [2.05, 4.69) is 6.92 Å². The van der Waals surface area contributed by atoms with E-state index in [1.807, 2.05) is 13.8 Å². The number of anilines is 1. The molecule has 2 aromatic rings. The molecule has 0 spiro atoms. The molecule has 0 saturated carbocycles. The van der Waals surface area contributed by atoms with E-state index >= 15 is 0 Å². The van der Waals surface area contributed by atoms with E-state index < -0.39 is 10.0 Å². The van der Waals surface area contributed by atoms with Crippen molar-refractivity contribution in [2.75, 3.05) is 10.8 Å². The normalized spacial score (nSPS) is 11.7. The molecule has 5 nitrogen and oxygen atoms in total. The van der Waals surface area contributed by atoms with E-state index in [1.165, 1.54) is 28.6 Å². The third-order valence-corrected chi connectivity index (χ3v) is 5.12. The van der Waals surface area contributed by atoms with Crippen molar-refractivity contribution in [1.82, 2.24) is 0 Å². The van der Waals surface area contributed by atoms with Crippen LogP contribution < -0.4 is 4.31 Å². The average molecular weight is 334 g/mol. The highest BCUT2D eigenvalue weighted by Crippen LogP contribution is 2.34. The van der Waals surface area contributed by atoms with Crippen LogP contribution in [0.15, 0.2) is 47.4 Å². The Kier molecular flexibility index (Phi) is 4.85. The lowest BCUT2D eigenvalue weighted by molar-refractivity contribution is 0.471. The van der Waals surface area contributed by atoms with Crippen LogP contribution in [0.5, 0.6) is 11.5 Å². The first-order valence-electron chi connectivity index (χ1n) is 7.19. The van der Waals surface area contributed by atoms with Gasteiger partial charge in [-0.05, 0) is 48.7 Å². The third-order valence-electron chi connectivity index (χ3n) is 3.32. The van der Waals surface area contributed by atoms with Gasteiger partial charge in [-0.2, -0.15) is 0 Å². The van der Waals surface area contributed by atoms with Crippen LogP contribution >= 0.6 is 0 Å². The Morgan fingerprint density at radius 3 is 2.26 bits per heavy atom. The first-order valence-corrected chi connectivity index (χ1v) is 8.63. The Balaban J connectivity index is 2.58. The molecule has 23 heavy (non-hydrogen) atoms. The Labute approximate surface area is 136 Å². The van der Waals surface area contributed by atoms with Gasteiger partial charge >= 0.3 is 0 Å². The van der Waals surface area contributed by atoms with Gasteiger partial charge in [-0.3, -0.25) is 4.31 Å². The van der Waals surface area contributed by atoms with Crippen molar-refractivity contribution in [1.29, 1.82) is 0 Å². The molecule has 1 radical (unpaired) electrons. The van der Waals surface area contributed by atoms with E-state index in [-0.39, 0.29) is 34.5 Å². The van der Waals surface area contributed by atoms with Gasteiger partial charge in [0.1, 0.15) is 11.5 Å². The quantitative estimate of drug-likeness (QED) is 0.880. The number of rotatable bonds is 5. The first kappa shape index (κ1) is 17.1. The highest BCUT2D eigenvalue weighted by molar-refractivity contribution is 7.92. The average Bonchev–Trinajstić information content (AvgIpc) is 2.48. The zero-order valence-corrected chi connectivity index (χ0v) is 13.9. The molecule has 0 amide bonds. The number of hydrogen-bond donors (Lipinski definition) is 2. The molecule has 0 saturated heterocycles. The van der Waals surface area contributed by atoms with Crippen LogP contribution in [0, 0.1) is 12.8 Å². The van der Waals surface area contributed by atoms with E-state index in [0.717, 1.165) is 0 Å². The fraction of sp³-hybridized carbons (Fsp3) is 0.235. The summed E-state index contributed by atoms with van der Waals surface area (Å²) in [6.07, 6.45) is 0. The van der Waals surface area contributed by atoms with Crippen molar-refractivity contribution in [3.05, 3.63) is 55.0 Å². The van der Waals surface area contributed by atoms with Crippen molar-refractivity contribution < 1.29 is 18.6 Å². The smallest absolute Gasteiger partial charge is 0.264 e. The second kappa shape index (κ2) is 6.50. The summed E-state index contributed by atoms with van der Waals surface area (Å²) in [6.45, 7) is 7.70. The molecule has 0 atom stereocenters. The van der Waals surface area contributed by atoms with Crippen LogP contribution in [0.1, 0.15) is 19.4 Å². The summed E-state index contributed by atoms with van der Waals surface area (Å²) >= 11 is 0. The Bertz CT molecular complexity index is 783. The lowest BCUT2D eigenvalue weighted by Gasteiger charge is -2.27. The molecule has 6 heteroatoms. The van der Waals surface area contributed by atoms with Crippen molar-refractivity contribution in [2.45, 2.75) is 18.7 Å². The predicted octanol–water partition coefficient (Wildman–Crippen LogP) is 3.13. The first-order chi connectivity index (χ1) is 10.7. The number of phenols is 2. The van der Waals surface area contributed by atoms with Crippen LogP contribution in [-0.2, 0) is 10.0 Å². The number of benzene rings is 2. The second-order valence-corrected chi connectivity index (χ2v) is 7.57. The SMILES string of the molecule is [CH2]c1cccc(N(CC(C)C)S(=O)(=O)c2ccc(O)cc2)c1O. The summed E-state index contributed by atoms with van der Waals surface area (Å²) in [6, 6.07) is 10.1. The minimum atomic E-state index is -3.87. The van der Waals surface area contributed by atoms with Crippen LogP contribution in [0.3, 0.4) is 0 Å². The maximum Gasteiger partial charge on any atom is 0.264 e. The number of hydrogen-bond acceptors (Lipinski definition) is 4. The topological polar surface area (TPSA) is 77.8 Å². The lowest BCUT2D eigenvalue weighted by Crippen LogP contribution is -2.34. The van der Waals surface area contributed by atoms with Crippen LogP contribution in [0.2, 0.25) is 0 Å². The molecular formula is C17H20NO4S. The minimum Gasteiger partial charge on any atom is -0.508 e. The molecule has 0 bridgehead atoms. The number of para-hydroxylation sites is 1. The van der Waals surface area contributed by atoms with Crippen LogP contribution in [0.4, 0.5) is 5.69 Å². The fourth-order valence-corrected chi connectivity index (χ4v) is 3.82. The van der Waals surface area contributed by atoms with Crippen LogP contribution in [-0.4, -0.2) is 25.2 Å². The summed E-state index contributed by atoms with van der Waals surface area (Å²) in [5.41, 5.74) is 0.552. The summed E-state index contributed by atoms with van der Waals surface area (Å²) in [4.78, 5) is 0.0461. The molecule has 0 aromatic heterocycles. The second-order valence-electron chi connectivity index (χ2n) is 5.71. The van der Waals surface area contributed by atoms with E-state index in [1.54, 1.807) is 18.2 Å². The van der Waals surface area contributed by atoms with Gasteiger partial charge in [0.15, 0.2) is 0 Å². The largest absolute Gasteiger partial charge is 0.508 e. The molecule has 2 aromatic carbocycles. The molecule has 0 aliphatic rings. The number of nitrogens with zero attached hydrogens (tertiary/aromatic N) is 1. The van der Waals surface area contributed by atoms with Gasteiger partial charge in [-0.1, -0.05) is 26.0 Å². The summed E-state index contributed by atoms with van der Waals surface area (Å²) < 4.78 is 27.1. The van der Waals surface area contributed by atoms with E-state index in [9.17, 15) is 18.6 Å². The minimum absolute atomic E-state index is 0.0121. The Hall–Kier alpha value is -2.21. The monoisotopic (exact) mass is 334 g/mol. The van der Waals surface area contributed by atoms with Crippen molar-refractivity contribution >= 4 is 15.7 Å². The molecule has 0 fully saturated rings. The molecule has 123 valence electrons. The van der Waals surface area contributed by atoms with Gasteiger partial charge in [0.2, 0.25) is 0 Å². The zero-order chi connectivity index (χ0) is 17.2. The fourth-order valence-electron chi connectivity index (χ4n) is 2.18. The maximum atomic E-state index is 13.0. The highest BCUT2D eigenvalue weighted by atomic mass is 32.2. The molecule has 0 aliphatic heterocycles. The summed E-state index contributed by atoms with van der Waals surface area (Å²) in [7, 11) is -3.87. The van der Waals surface area contributed by atoms with Crippen molar-refractivity contribution in [3.63, 3.8) is 0 Å². The standard InChI is InChI=1S/C17H20NO4S/c1-12(2)11-18(16-6-4-5-13(3)17(16)20)23(21,22)15-9-7-14(19)8-10-15/h4-10,12,19-20H,3,11H2,1-2H3. The Morgan fingerprint density at radius 1 is 1.09 bits per heavy atom. The van der Waals surface area contributed by atoms with Gasteiger partial charge in [0.25, 0.3) is 10.0 Å². The number of aromatic hydroxyl groups is 2. The number of phenolic OH excluding ortho intramolecular Hbond substituents is 2. The van der Waals surface area contributed by atoms with Gasteiger partial charge in [-0.15, -0.1) is 0 Å². The summed E-state index contributed by atoms with van der Waals surface area (Å²) in [5.74, 6) is -0.118. The third kappa shape index (κ3) is 3.59. The molecule has 0 unspecified atom stereocenters. The summed E-state index contributed by atoms with van der Waals surface area (Å²) in [5, 5.41) is 19.6. The van der Waals surface area contributed by atoms with Crippen LogP contribution in [0.25, 0.3) is 0 Å². The number of sulfonamides is 1. The van der Waals surface area contributed by atoms with Gasteiger partial charge in [0.05, 0.1) is 10.6 Å². The molecule has 2 rings (SSSR count). The molecular weight excluding hydrogens is 314 g/mol. The van der Waals surface area contributed by atoms with Crippen molar-refractivity contribution in [3.8, 4) is 11.5 Å². The van der Waals surface area contributed by atoms with E-state index in [0.29, 0.717) is 5.56 Å². The van der Waals surface area contributed by atoms with E-state index in [4.69, 9.17) is 0 Å². The lowest BCUT2D eigenvalue weighted by atomic mass is 10.1. The van der Waals surface area contributed by atoms with Gasteiger partial charge in [0, 0.05) is 6.54 Å². The Morgan fingerprint density at radius 2 is 1.70 bits per heavy atom. The predicted molar refractivity (Wildman–Crippen MR) is 90.0 cm³/mol. The maximum absolute atomic E-state index is 13.0. The molecule has 0 aliphatic carbocycles. The van der Waals surface area contributed by atoms with Gasteiger partial charge in [-0.25, -0.2) is 8.42 Å². The molecule has 0 heterocycles. The zero-order valence-electron chi connectivity index (χ0n) is 13.1. The van der Waals surface area contributed by atoms with Crippen molar-refractivity contribution in [2.24, 2.45) is 5.92 Å². The molecule has 2 N–H and O–H groups in total. The highest BCUT2D eigenvalue weighted by Gasteiger charge is 2.28. The van der Waals surface area contributed by atoms with Gasteiger partial charge < -0.3 is 10.2 Å².